The first-order valence-electron chi connectivity index (χ1n) is 5.05. The second-order valence-electron chi connectivity index (χ2n) is 3.39. The summed E-state index contributed by atoms with van der Waals surface area (Å²) in [7, 11) is 0. The molecule has 0 atom stereocenters. The van der Waals surface area contributed by atoms with E-state index in [-0.39, 0.29) is 0 Å². The molecule has 0 aliphatic carbocycles. The van der Waals surface area contributed by atoms with E-state index in [2.05, 4.69) is 22.3 Å². The Bertz CT molecular complexity index is 170. The van der Waals surface area contributed by atoms with E-state index < -0.39 is 0 Å². The molecule has 1 aliphatic heterocycles. The molecule has 1 rings (SSSR count). The van der Waals surface area contributed by atoms with Crippen molar-refractivity contribution in [1.82, 2.24) is 10.2 Å². The van der Waals surface area contributed by atoms with Gasteiger partial charge in [0.05, 0.1) is 6.54 Å². The van der Waals surface area contributed by atoms with Crippen LogP contribution in [0.2, 0.25) is 0 Å². The maximum absolute atomic E-state index is 8.72. The van der Waals surface area contributed by atoms with Gasteiger partial charge in [0.1, 0.15) is 0 Å². The SMILES string of the molecule is CCCCCN1CCNCC1=NO. The predicted octanol–water partition coefficient (Wildman–Crippen LogP) is 0.869. The van der Waals surface area contributed by atoms with Crippen LogP contribution in [0.4, 0.5) is 0 Å². The summed E-state index contributed by atoms with van der Waals surface area (Å²) in [6, 6.07) is 0. The molecular formula is C9H19N3O. The van der Waals surface area contributed by atoms with Gasteiger partial charge < -0.3 is 15.4 Å². The average Bonchev–Trinajstić information content (AvgIpc) is 2.19. The summed E-state index contributed by atoms with van der Waals surface area (Å²) in [5.41, 5.74) is 0. The largest absolute Gasteiger partial charge is 0.409 e. The van der Waals surface area contributed by atoms with Crippen LogP contribution in [0.5, 0.6) is 0 Å². The molecule has 0 aromatic carbocycles. The third-order valence-electron chi connectivity index (χ3n) is 2.35. The Morgan fingerprint density at radius 2 is 2.38 bits per heavy atom. The second-order valence-corrected chi connectivity index (χ2v) is 3.39. The summed E-state index contributed by atoms with van der Waals surface area (Å²) < 4.78 is 0. The van der Waals surface area contributed by atoms with E-state index in [1.54, 1.807) is 0 Å². The van der Waals surface area contributed by atoms with Crippen LogP contribution in [-0.2, 0) is 0 Å². The molecule has 0 aromatic heterocycles. The molecule has 1 saturated heterocycles. The van der Waals surface area contributed by atoms with Gasteiger partial charge in [-0.1, -0.05) is 24.9 Å². The normalized spacial score (nSPS) is 21.0. The third kappa shape index (κ3) is 3.22. The molecule has 0 spiro atoms. The van der Waals surface area contributed by atoms with Gasteiger partial charge in [0, 0.05) is 19.6 Å². The fourth-order valence-electron chi connectivity index (χ4n) is 1.55. The summed E-state index contributed by atoms with van der Waals surface area (Å²) >= 11 is 0. The highest BCUT2D eigenvalue weighted by atomic mass is 16.4. The first-order valence-corrected chi connectivity index (χ1v) is 5.05. The fraction of sp³-hybridized carbons (Fsp3) is 0.889. The Balaban J connectivity index is 2.28. The van der Waals surface area contributed by atoms with Gasteiger partial charge in [0.25, 0.3) is 0 Å². The molecular weight excluding hydrogens is 166 g/mol. The molecule has 0 amide bonds. The van der Waals surface area contributed by atoms with Gasteiger partial charge in [0.15, 0.2) is 5.84 Å². The third-order valence-corrected chi connectivity index (χ3v) is 2.35. The Kier molecular flexibility index (Phi) is 4.60. The number of nitrogens with one attached hydrogen (secondary N) is 1. The molecule has 0 aromatic rings. The molecule has 13 heavy (non-hydrogen) atoms. The van der Waals surface area contributed by atoms with Gasteiger partial charge in [-0.2, -0.15) is 0 Å². The van der Waals surface area contributed by atoms with Crippen LogP contribution in [0.3, 0.4) is 0 Å². The van der Waals surface area contributed by atoms with Crippen molar-refractivity contribution in [3.8, 4) is 0 Å². The first kappa shape index (κ1) is 10.3. The molecule has 1 aliphatic rings. The quantitative estimate of drug-likeness (QED) is 0.388. The van der Waals surface area contributed by atoms with Crippen LogP contribution in [0.25, 0.3) is 0 Å². The summed E-state index contributed by atoms with van der Waals surface area (Å²) in [5, 5.41) is 15.2. The van der Waals surface area contributed by atoms with Crippen molar-refractivity contribution in [1.29, 1.82) is 0 Å². The van der Waals surface area contributed by atoms with Crippen LogP contribution in [0.15, 0.2) is 5.16 Å². The van der Waals surface area contributed by atoms with Crippen LogP contribution in [0, 0.1) is 0 Å². The van der Waals surface area contributed by atoms with Gasteiger partial charge >= 0.3 is 0 Å². The van der Waals surface area contributed by atoms with Crippen molar-refractivity contribution >= 4 is 5.84 Å². The number of hydrogen-bond donors (Lipinski definition) is 2. The van der Waals surface area contributed by atoms with Crippen molar-refractivity contribution in [3.63, 3.8) is 0 Å². The lowest BCUT2D eigenvalue weighted by molar-refractivity contribution is 0.286. The smallest absolute Gasteiger partial charge is 0.158 e. The van der Waals surface area contributed by atoms with Crippen molar-refractivity contribution < 1.29 is 5.21 Å². The lowest BCUT2D eigenvalue weighted by Gasteiger charge is -2.29. The van der Waals surface area contributed by atoms with Crippen LogP contribution < -0.4 is 5.32 Å². The van der Waals surface area contributed by atoms with Gasteiger partial charge in [-0.05, 0) is 6.42 Å². The van der Waals surface area contributed by atoms with Gasteiger partial charge in [-0.15, -0.1) is 0 Å². The molecule has 4 heteroatoms. The fourth-order valence-corrected chi connectivity index (χ4v) is 1.55. The number of hydrogen-bond acceptors (Lipinski definition) is 3. The zero-order valence-corrected chi connectivity index (χ0v) is 8.29. The lowest BCUT2D eigenvalue weighted by Crippen LogP contribution is -2.48. The number of amidine groups is 1. The van der Waals surface area contributed by atoms with Gasteiger partial charge in [-0.25, -0.2) is 0 Å². The summed E-state index contributed by atoms with van der Waals surface area (Å²) in [5.74, 6) is 0.780. The number of unbranched alkanes of at least 4 members (excludes halogenated alkanes) is 2. The standard InChI is InChI=1S/C9H19N3O/c1-2-3-4-6-12-7-5-10-8-9(12)11-13/h10,13H,2-8H2,1H3. The second kappa shape index (κ2) is 5.80. The molecule has 0 bridgehead atoms. The molecule has 1 fully saturated rings. The first-order chi connectivity index (χ1) is 6.38. The summed E-state index contributed by atoms with van der Waals surface area (Å²) in [6.07, 6.45) is 3.68. The van der Waals surface area contributed by atoms with Crippen molar-refractivity contribution in [2.45, 2.75) is 26.2 Å². The van der Waals surface area contributed by atoms with E-state index in [1.165, 1.54) is 19.3 Å². The highest BCUT2D eigenvalue weighted by Crippen LogP contribution is 2.01. The Morgan fingerprint density at radius 3 is 3.08 bits per heavy atom. The van der Waals surface area contributed by atoms with Gasteiger partial charge in [0.2, 0.25) is 0 Å². The van der Waals surface area contributed by atoms with Gasteiger partial charge in [-0.3, -0.25) is 0 Å². The topological polar surface area (TPSA) is 47.9 Å². The van der Waals surface area contributed by atoms with E-state index in [0.29, 0.717) is 6.54 Å². The number of nitrogens with zero attached hydrogens (tertiary/aromatic N) is 2. The van der Waals surface area contributed by atoms with E-state index in [4.69, 9.17) is 5.21 Å². The minimum Gasteiger partial charge on any atom is -0.409 e. The van der Waals surface area contributed by atoms with Crippen molar-refractivity contribution in [3.05, 3.63) is 0 Å². The minimum absolute atomic E-state index is 0.697. The predicted molar refractivity (Wildman–Crippen MR) is 53.2 cm³/mol. The zero-order chi connectivity index (χ0) is 9.52. The number of rotatable bonds is 4. The monoisotopic (exact) mass is 185 g/mol. The number of piperazine rings is 1. The average molecular weight is 185 g/mol. The van der Waals surface area contributed by atoms with Crippen LogP contribution in [-0.4, -0.2) is 42.1 Å². The molecule has 1 heterocycles. The van der Waals surface area contributed by atoms with E-state index >= 15 is 0 Å². The number of oxime groups is 1. The summed E-state index contributed by atoms with van der Waals surface area (Å²) in [4.78, 5) is 2.16. The molecule has 4 nitrogen and oxygen atoms in total. The Hall–Kier alpha value is -0.770. The Labute approximate surface area is 79.6 Å². The molecule has 2 N–H and O–H groups in total. The summed E-state index contributed by atoms with van der Waals surface area (Å²) in [6.45, 7) is 5.87. The van der Waals surface area contributed by atoms with E-state index in [9.17, 15) is 0 Å². The molecule has 76 valence electrons. The molecule has 0 saturated carbocycles. The van der Waals surface area contributed by atoms with Crippen molar-refractivity contribution in [2.24, 2.45) is 5.16 Å². The van der Waals surface area contributed by atoms with Crippen molar-refractivity contribution in [2.75, 3.05) is 26.2 Å². The highest BCUT2D eigenvalue weighted by molar-refractivity contribution is 5.84. The maximum Gasteiger partial charge on any atom is 0.158 e. The molecule has 0 radical (unpaired) electrons. The maximum atomic E-state index is 8.72. The van der Waals surface area contributed by atoms with Crippen LogP contribution >= 0.6 is 0 Å². The Morgan fingerprint density at radius 1 is 1.54 bits per heavy atom. The minimum atomic E-state index is 0.697. The zero-order valence-electron chi connectivity index (χ0n) is 8.29. The van der Waals surface area contributed by atoms with E-state index in [1.807, 2.05) is 0 Å². The van der Waals surface area contributed by atoms with E-state index in [0.717, 1.165) is 25.5 Å². The molecule has 0 unspecified atom stereocenters. The lowest BCUT2D eigenvalue weighted by atomic mass is 10.2. The van der Waals surface area contributed by atoms with Crippen LogP contribution in [0.1, 0.15) is 26.2 Å². The highest BCUT2D eigenvalue weighted by Gasteiger charge is 2.15.